The first-order chi connectivity index (χ1) is 9.26. The summed E-state index contributed by atoms with van der Waals surface area (Å²) in [5.74, 6) is 2.32. The van der Waals surface area contributed by atoms with Crippen LogP contribution in [-0.2, 0) is 6.54 Å². The Kier molecular flexibility index (Phi) is 5.21. The number of thiophene rings is 1. The second-order valence-corrected chi connectivity index (χ2v) is 6.07. The number of rotatable bonds is 4. The van der Waals surface area contributed by atoms with Gasteiger partial charge in [0.25, 0.3) is 0 Å². The summed E-state index contributed by atoms with van der Waals surface area (Å²) in [5.41, 5.74) is 6.78. The molecule has 0 bridgehead atoms. The average molecular weight is 314 g/mol. The van der Waals surface area contributed by atoms with Crippen molar-refractivity contribution in [2.24, 2.45) is 11.7 Å². The second kappa shape index (κ2) is 6.72. The molecule has 3 heterocycles. The van der Waals surface area contributed by atoms with Crippen molar-refractivity contribution in [1.29, 1.82) is 0 Å². The lowest BCUT2D eigenvalue weighted by molar-refractivity contribution is 0.312. The van der Waals surface area contributed by atoms with Crippen LogP contribution in [0, 0.1) is 12.8 Å². The molecule has 0 saturated carbocycles. The molecule has 1 saturated heterocycles. The maximum atomic E-state index is 5.77. The van der Waals surface area contributed by atoms with Gasteiger partial charge in [0, 0.05) is 13.1 Å². The summed E-state index contributed by atoms with van der Waals surface area (Å²) in [5, 5.41) is 2.04. The summed E-state index contributed by atoms with van der Waals surface area (Å²) in [6, 6.07) is 4.06. The van der Waals surface area contributed by atoms with E-state index in [1.807, 2.05) is 24.4 Å². The number of hydrogen-bond donors (Lipinski definition) is 1. The zero-order chi connectivity index (χ0) is 13.2. The fourth-order valence-corrected chi connectivity index (χ4v) is 3.19. The highest BCUT2D eigenvalue weighted by atomic mass is 35.5. The van der Waals surface area contributed by atoms with Gasteiger partial charge in [-0.2, -0.15) is 0 Å². The monoisotopic (exact) mass is 313 g/mol. The molecule has 0 aliphatic carbocycles. The molecular formula is C14H20ClN3OS. The number of nitrogens with zero attached hydrogens (tertiary/aromatic N) is 2. The zero-order valence-electron chi connectivity index (χ0n) is 11.5. The first kappa shape index (κ1) is 15.5. The number of nitrogens with two attached hydrogens (primary N) is 1. The molecule has 4 nitrogen and oxygen atoms in total. The Labute approximate surface area is 129 Å². The molecule has 1 fully saturated rings. The minimum Gasteiger partial charge on any atom is -0.440 e. The standard InChI is InChI=1S/C14H19N3OS.ClH/c1-10-12(9-17-5-4-11(7-15)8-17)16-14(18-10)13-3-2-6-19-13;/h2-3,6,11H,4-5,7-9,15H2,1H3;1H. The second-order valence-electron chi connectivity index (χ2n) is 5.12. The van der Waals surface area contributed by atoms with Gasteiger partial charge in [-0.25, -0.2) is 4.98 Å². The lowest BCUT2D eigenvalue weighted by Gasteiger charge is -2.13. The summed E-state index contributed by atoms with van der Waals surface area (Å²) >= 11 is 1.66. The van der Waals surface area contributed by atoms with Crippen LogP contribution in [0.15, 0.2) is 21.9 Å². The van der Waals surface area contributed by atoms with Crippen molar-refractivity contribution < 1.29 is 4.42 Å². The van der Waals surface area contributed by atoms with Crippen molar-refractivity contribution in [3.05, 3.63) is 29.0 Å². The number of aromatic nitrogens is 1. The van der Waals surface area contributed by atoms with Gasteiger partial charge in [0.15, 0.2) is 0 Å². The van der Waals surface area contributed by atoms with Crippen LogP contribution in [0.5, 0.6) is 0 Å². The van der Waals surface area contributed by atoms with E-state index in [0.717, 1.165) is 48.4 Å². The Morgan fingerprint density at radius 3 is 3.05 bits per heavy atom. The quantitative estimate of drug-likeness (QED) is 0.943. The van der Waals surface area contributed by atoms with Crippen molar-refractivity contribution in [2.45, 2.75) is 19.9 Å². The van der Waals surface area contributed by atoms with Crippen LogP contribution in [0.4, 0.5) is 0 Å². The van der Waals surface area contributed by atoms with Crippen molar-refractivity contribution in [3.63, 3.8) is 0 Å². The topological polar surface area (TPSA) is 55.3 Å². The average Bonchev–Trinajstić information content (AvgIpc) is 3.12. The third-order valence-electron chi connectivity index (χ3n) is 3.70. The maximum absolute atomic E-state index is 5.77. The van der Waals surface area contributed by atoms with Gasteiger partial charge in [0.05, 0.1) is 10.6 Å². The molecule has 1 aliphatic heterocycles. The van der Waals surface area contributed by atoms with Gasteiger partial charge in [-0.1, -0.05) is 6.07 Å². The normalized spacial score (nSPS) is 19.2. The predicted molar refractivity (Wildman–Crippen MR) is 84.2 cm³/mol. The van der Waals surface area contributed by atoms with Crippen molar-refractivity contribution in [1.82, 2.24) is 9.88 Å². The van der Waals surface area contributed by atoms with E-state index in [4.69, 9.17) is 10.2 Å². The van der Waals surface area contributed by atoms with E-state index in [1.165, 1.54) is 6.42 Å². The van der Waals surface area contributed by atoms with E-state index in [1.54, 1.807) is 11.3 Å². The molecule has 1 atom stereocenters. The van der Waals surface area contributed by atoms with E-state index in [-0.39, 0.29) is 12.4 Å². The molecule has 20 heavy (non-hydrogen) atoms. The fraction of sp³-hybridized carbons (Fsp3) is 0.500. The number of hydrogen-bond acceptors (Lipinski definition) is 5. The van der Waals surface area contributed by atoms with E-state index in [9.17, 15) is 0 Å². The molecular weight excluding hydrogens is 294 g/mol. The van der Waals surface area contributed by atoms with Crippen LogP contribution in [-0.4, -0.2) is 29.5 Å². The number of halogens is 1. The number of aryl methyl sites for hydroxylation is 1. The van der Waals surface area contributed by atoms with Crippen LogP contribution in [0.1, 0.15) is 17.9 Å². The van der Waals surface area contributed by atoms with Gasteiger partial charge in [0.1, 0.15) is 5.76 Å². The third-order valence-corrected chi connectivity index (χ3v) is 4.56. The van der Waals surface area contributed by atoms with Gasteiger partial charge in [-0.05, 0) is 43.8 Å². The van der Waals surface area contributed by atoms with Gasteiger partial charge in [-0.15, -0.1) is 23.7 Å². The lowest BCUT2D eigenvalue weighted by atomic mass is 10.1. The molecule has 2 N–H and O–H groups in total. The van der Waals surface area contributed by atoms with Crippen LogP contribution < -0.4 is 5.73 Å². The molecule has 0 spiro atoms. The lowest BCUT2D eigenvalue weighted by Crippen LogP contribution is -2.23. The number of likely N-dealkylation sites (tertiary alicyclic amines) is 1. The van der Waals surface area contributed by atoms with Gasteiger partial charge in [-0.3, -0.25) is 4.90 Å². The molecule has 0 aromatic carbocycles. The first-order valence-corrected chi connectivity index (χ1v) is 7.57. The Bertz CT molecular complexity index is 541. The van der Waals surface area contributed by atoms with Crippen molar-refractivity contribution in [3.8, 4) is 10.8 Å². The zero-order valence-corrected chi connectivity index (χ0v) is 13.2. The van der Waals surface area contributed by atoms with Gasteiger partial charge >= 0.3 is 0 Å². The van der Waals surface area contributed by atoms with E-state index in [0.29, 0.717) is 5.92 Å². The van der Waals surface area contributed by atoms with Crippen molar-refractivity contribution in [2.75, 3.05) is 19.6 Å². The highest BCUT2D eigenvalue weighted by Crippen LogP contribution is 2.27. The highest BCUT2D eigenvalue weighted by molar-refractivity contribution is 7.13. The van der Waals surface area contributed by atoms with E-state index >= 15 is 0 Å². The summed E-state index contributed by atoms with van der Waals surface area (Å²) in [6.45, 7) is 5.85. The molecule has 6 heteroatoms. The minimum absolute atomic E-state index is 0. The molecule has 1 aliphatic rings. The molecule has 0 amide bonds. The van der Waals surface area contributed by atoms with E-state index < -0.39 is 0 Å². The fourth-order valence-electron chi connectivity index (χ4n) is 2.54. The summed E-state index contributed by atoms with van der Waals surface area (Å²) < 4.78 is 5.77. The van der Waals surface area contributed by atoms with Crippen molar-refractivity contribution >= 4 is 23.7 Å². The number of oxazole rings is 1. The maximum Gasteiger partial charge on any atom is 0.236 e. The van der Waals surface area contributed by atoms with Crippen LogP contribution in [0.25, 0.3) is 10.8 Å². The summed E-state index contributed by atoms with van der Waals surface area (Å²) in [4.78, 5) is 8.15. The minimum atomic E-state index is 0. The van der Waals surface area contributed by atoms with Crippen LogP contribution in [0.3, 0.4) is 0 Å². The van der Waals surface area contributed by atoms with Gasteiger partial charge in [0.2, 0.25) is 5.89 Å². The van der Waals surface area contributed by atoms with Crippen LogP contribution in [0.2, 0.25) is 0 Å². The van der Waals surface area contributed by atoms with Gasteiger partial charge < -0.3 is 10.2 Å². The summed E-state index contributed by atoms with van der Waals surface area (Å²) in [7, 11) is 0. The molecule has 2 aromatic rings. The Morgan fingerprint density at radius 2 is 2.40 bits per heavy atom. The smallest absolute Gasteiger partial charge is 0.236 e. The molecule has 110 valence electrons. The molecule has 2 aromatic heterocycles. The Morgan fingerprint density at radius 1 is 1.55 bits per heavy atom. The Balaban J connectivity index is 0.00000147. The highest BCUT2D eigenvalue weighted by Gasteiger charge is 2.23. The Hall–Kier alpha value is -0.880. The molecule has 1 unspecified atom stereocenters. The molecule has 3 rings (SSSR count). The SMILES string of the molecule is Cc1oc(-c2cccs2)nc1CN1CCC(CN)C1.Cl. The van der Waals surface area contributed by atoms with E-state index in [2.05, 4.69) is 9.88 Å². The predicted octanol–water partition coefficient (Wildman–Crippen LogP) is 2.91. The third kappa shape index (κ3) is 3.23. The van der Waals surface area contributed by atoms with Crippen LogP contribution >= 0.6 is 23.7 Å². The molecule has 0 radical (unpaired) electrons. The largest absolute Gasteiger partial charge is 0.440 e. The summed E-state index contributed by atoms with van der Waals surface area (Å²) in [6.07, 6.45) is 1.20. The first-order valence-electron chi connectivity index (χ1n) is 6.69.